The molecule has 0 saturated heterocycles. The maximum atomic E-state index is 10.2. The third-order valence-corrected chi connectivity index (χ3v) is 4.38. The van der Waals surface area contributed by atoms with E-state index in [-0.39, 0.29) is 35.5 Å². The van der Waals surface area contributed by atoms with Crippen LogP contribution in [0.1, 0.15) is 43.7 Å². The van der Waals surface area contributed by atoms with Gasteiger partial charge in [-0.15, -0.1) is 24.0 Å². The van der Waals surface area contributed by atoms with Crippen molar-refractivity contribution in [2.24, 2.45) is 16.1 Å². The zero-order chi connectivity index (χ0) is 15.5. The van der Waals surface area contributed by atoms with Gasteiger partial charge >= 0.3 is 0 Å². The highest BCUT2D eigenvalue weighted by molar-refractivity contribution is 14.0. The van der Waals surface area contributed by atoms with Crippen molar-refractivity contribution in [1.29, 1.82) is 0 Å². The number of anilines is 1. The number of halogens is 1. The summed E-state index contributed by atoms with van der Waals surface area (Å²) in [5.74, 6) is 0.416. The van der Waals surface area contributed by atoms with Crippen LogP contribution in [0.5, 0.6) is 0 Å². The molecule has 2 unspecified atom stereocenters. The number of nitrogens with two attached hydrogens (primary N) is 1. The molecule has 1 aliphatic carbocycles. The van der Waals surface area contributed by atoms with Crippen molar-refractivity contribution >= 4 is 35.6 Å². The number of rotatable bonds is 3. The Morgan fingerprint density at radius 1 is 1.32 bits per heavy atom. The number of aliphatic hydroxyl groups excluding tert-OH is 1. The summed E-state index contributed by atoms with van der Waals surface area (Å²) in [5, 5.41) is 13.3. The summed E-state index contributed by atoms with van der Waals surface area (Å²) in [6.07, 6.45) is 3.87. The Hall–Kier alpha value is -0.820. The molecule has 1 saturated carbocycles. The van der Waals surface area contributed by atoms with Crippen molar-refractivity contribution in [1.82, 2.24) is 0 Å². The molecule has 0 heterocycles. The molecule has 22 heavy (non-hydrogen) atoms. The van der Waals surface area contributed by atoms with E-state index in [1.54, 1.807) is 0 Å². The van der Waals surface area contributed by atoms with Gasteiger partial charge in [0.05, 0.1) is 12.6 Å². The molecule has 1 aromatic carbocycles. The van der Waals surface area contributed by atoms with E-state index in [0.717, 1.165) is 31.4 Å². The number of hydrogen-bond acceptors (Lipinski definition) is 2. The van der Waals surface area contributed by atoms with Crippen LogP contribution >= 0.6 is 24.0 Å². The molecule has 0 radical (unpaired) electrons. The van der Waals surface area contributed by atoms with E-state index in [2.05, 4.69) is 37.1 Å². The van der Waals surface area contributed by atoms with Crippen molar-refractivity contribution in [2.75, 3.05) is 11.9 Å². The fourth-order valence-electron chi connectivity index (χ4n) is 3.07. The van der Waals surface area contributed by atoms with Crippen LogP contribution in [0.4, 0.5) is 5.69 Å². The quantitative estimate of drug-likeness (QED) is 0.400. The minimum absolute atomic E-state index is 0. The van der Waals surface area contributed by atoms with E-state index < -0.39 is 0 Å². The van der Waals surface area contributed by atoms with Crippen LogP contribution in [0.15, 0.2) is 23.2 Å². The molecule has 4 nitrogen and oxygen atoms in total. The monoisotopic (exact) mass is 417 g/mol. The van der Waals surface area contributed by atoms with Crippen LogP contribution in [-0.4, -0.2) is 23.7 Å². The van der Waals surface area contributed by atoms with E-state index in [9.17, 15) is 5.11 Å². The van der Waals surface area contributed by atoms with Crippen molar-refractivity contribution in [3.05, 3.63) is 29.3 Å². The Kier molecular flexibility index (Phi) is 7.12. The second-order valence-electron chi connectivity index (χ2n) is 6.62. The molecule has 1 aliphatic rings. The maximum absolute atomic E-state index is 10.2. The van der Waals surface area contributed by atoms with E-state index in [0.29, 0.717) is 12.5 Å². The van der Waals surface area contributed by atoms with Crippen molar-refractivity contribution < 1.29 is 5.11 Å². The van der Waals surface area contributed by atoms with Gasteiger partial charge in [-0.05, 0) is 49.9 Å². The lowest BCUT2D eigenvalue weighted by molar-refractivity contribution is 0.00724. The lowest BCUT2D eigenvalue weighted by Crippen LogP contribution is -2.39. The first kappa shape index (κ1) is 19.2. The smallest absolute Gasteiger partial charge is 0.193 e. The van der Waals surface area contributed by atoms with Gasteiger partial charge in [0.25, 0.3) is 0 Å². The number of hydrogen-bond donors (Lipinski definition) is 3. The third kappa shape index (κ3) is 5.12. The first-order chi connectivity index (χ1) is 9.89. The number of benzene rings is 1. The largest absolute Gasteiger partial charge is 0.392 e. The summed E-state index contributed by atoms with van der Waals surface area (Å²) in [5.41, 5.74) is 9.19. The predicted molar refractivity (Wildman–Crippen MR) is 104 cm³/mol. The molecule has 0 aliphatic heterocycles. The lowest BCUT2D eigenvalue weighted by atomic mass is 9.73. The Balaban J connectivity index is 0.00000242. The maximum Gasteiger partial charge on any atom is 0.193 e. The third-order valence-electron chi connectivity index (χ3n) is 4.38. The van der Waals surface area contributed by atoms with E-state index in [1.807, 2.05) is 12.1 Å². The Labute approximate surface area is 150 Å². The lowest BCUT2D eigenvalue weighted by Gasteiger charge is -2.37. The molecule has 5 heteroatoms. The Morgan fingerprint density at radius 2 is 1.95 bits per heavy atom. The zero-order valence-electron chi connectivity index (χ0n) is 13.7. The average Bonchev–Trinajstić information content (AvgIpc) is 2.39. The van der Waals surface area contributed by atoms with Gasteiger partial charge in [-0.3, -0.25) is 4.99 Å². The number of guanidine groups is 1. The van der Waals surface area contributed by atoms with E-state index in [1.165, 1.54) is 11.1 Å². The van der Waals surface area contributed by atoms with Gasteiger partial charge in [-0.25, -0.2) is 0 Å². The molecule has 2 rings (SSSR count). The summed E-state index contributed by atoms with van der Waals surface area (Å²) in [7, 11) is 0. The fourth-order valence-corrected chi connectivity index (χ4v) is 3.07. The van der Waals surface area contributed by atoms with Crippen LogP contribution in [0.3, 0.4) is 0 Å². The molecular formula is C17H28IN3O. The number of aliphatic hydroxyl groups is 1. The minimum Gasteiger partial charge on any atom is -0.392 e. The van der Waals surface area contributed by atoms with Gasteiger partial charge in [0.1, 0.15) is 0 Å². The van der Waals surface area contributed by atoms with Gasteiger partial charge in [-0.1, -0.05) is 25.8 Å². The molecule has 0 aromatic heterocycles. The van der Waals surface area contributed by atoms with Crippen LogP contribution in [0.25, 0.3) is 0 Å². The number of aryl methyl sites for hydroxylation is 2. The zero-order valence-corrected chi connectivity index (χ0v) is 16.1. The molecule has 0 spiro atoms. The van der Waals surface area contributed by atoms with Gasteiger partial charge in [0.15, 0.2) is 5.96 Å². The van der Waals surface area contributed by atoms with Gasteiger partial charge in [0, 0.05) is 11.1 Å². The highest BCUT2D eigenvalue weighted by Gasteiger charge is 2.35. The molecule has 4 N–H and O–H groups in total. The number of nitrogens with one attached hydrogen (secondary N) is 1. The van der Waals surface area contributed by atoms with Crippen LogP contribution < -0.4 is 11.1 Å². The van der Waals surface area contributed by atoms with Crippen LogP contribution in [0.2, 0.25) is 0 Å². The molecule has 124 valence electrons. The molecule has 2 atom stereocenters. The van der Waals surface area contributed by atoms with Gasteiger partial charge in [-0.2, -0.15) is 0 Å². The average molecular weight is 417 g/mol. The summed E-state index contributed by atoms with van der Waals surface area (Å²) in [6.45, 7) is 6.79. The predicted octanol–water partition coefficient (Wildman–Crippen LogP) is 3.59. The van der Waals surface area contributed by atoms with Crippen LogP contribution in [-0.2, 0) is 0 Å². The molecule has 0 amide bonds. The summed E-state index contributed by atoms with van der Waals surface area (Å²) in [4.78, 5) is 4.45. The SMILES string of the molecule is Cc1cc(C)cc(NC(N)=NCC2(C)CCCCC2O)c1.I. The van der Waals surface area contributed by atoms with Crippen molar-refractivity contribution in [3.8, 4) is 0 Å². The van der Waals surface area contributed by atoms with Crippen LogP contribution in [0, 0.1) is 19.3 Å². The fraction of sp³-hybridized carbons (Fsp3) is 0.588. The normalized spacial score (nSPS) is 25.5. The topological polar surface area (TPSA) is 70.6 Å². The summed E-state index contributed by atoms with van der Waals surface area (Å²) >= 11 is 0. The molecule has 0 bridgehead atoms. The molecule has 1 aromatic rings. The van der Waals surface area contributed by atoms with Crippen molar-refractivity contribution in [3.63, 3.8) is 0 Å². The second kappa shape index (κ2) is 8.15. The summed E-state index contributed by atoms with van der Waals surface area (Å²) in [6, 6.07) is 6.22. The van der Waals surface area contributed by atoms with Gasteiger partial charge in [0.2, 0.25) is 0 Å². The first-order valence-electron chi connectivity index (χ1n) is 7.72. The Morgan fingerprint density at radius 3 is 2.55 bits per heavy atom. The Bertz CT molecular complexity index is 512. The molecular weight excluding hydrogens is 389 g/mol. The van der Waals surface area contributed by atoms with Gasteiger partial charge < -0.3 is 16.2 Å². The first-order valence-corrected chi connectivity index (χ1v) is 7.72. The van der Waals surface area contributed by atoms with E-state index in [4.69, 9.17) is 5.73 Å². The number of nitrogens with zero attached hydrogens (tertiary/aromatic N) is 1. The summed E-state index contributed by atoms with van der Waals surface area (Å²) < 4.78 is 0. The van der Waals surface area contributed by atoms with E-state index >= 15 is 0 Å². The second-order valence-corrected chi connectivity index (χ2v) is 6.62. The highest BCUT2D eigenvalue weighted by atomic mass is 127. The highest BCUT2D eigenvalue weighted by Crippen LogP contribution is 2.36. The minimum atomic E-state index is -0.274. The molecule has 1 fully saturated rings. The standard InChI is InChI=1S/C17H27N3O.HI/c1-12-8-13(2)10-14(9-12)20-16(18)19-11-17(3)7-5-4-6-15(17)21;/h8-10,15,21H,4-7,11H2,1-3H3,(H3,18,19,20);1H. The number of aliphatic imine (C=N–C) groups is 1. The van der Waals surface area contributed by atoms with Crippen molar-refractivity contribution in [2.45, 2.75) is 52.6 Å².